The first-order valence-corrected chi connectivity index (χ1v) is 6.65. The van der Waals surface area contributed by atoms with E-state index in [-0.39, 0.29) is 11.7 Å². The fourth-order valence-corrected chi connectivity index (χ4v) is 2.30. The van der Waals surface area contributed by atoms with Gasteiger partial charge in [0.05, 0.1) is 12.4 Å². The molecule has 1 aromatic heterocycles. The van der Waals surface area contributed by atoms with Crippen LogP contribution < -0.4 is 5.73 Å². The lowest BCUT2D eigenvalue weighted by atomic mass is 10.2. The van der Waals surface area contributed by atoms with Crippen LogP contribution in [0.3, 0.4) is 0 Å². The summed E-state index contributed by atoms with van der Waals surface area (Å²) in [5, 5.41) is 0. The number of nitrogens with two attached hydrogens (primary N) is 1. The van der Waals surface area contributed by atoms with Gasteiger partial charge in [-0.2, -0.15) is 0 Å². The van der Waals surface area contributed by atoms with E-state index in [2.05, 4.69) is 28.7 Å². The van der Waals surface area contributed by atoms with Gasteiger partial charge >= 0.3 is 0 Å². The topological polar surface area (TPSA) is 75.3 Å². The summed E-state index contributed by atoms with van der Waals surface area (Å²) in [5.74, 6) is 0.857. The van der Waals surface area contributed by atoms with Crippen LogP contribution in [-0.4, -0.2) is 58.4 Å². The first-order valence-electron chi connectivity index (χ1n) is 6.65. The first kappa shape index (κ1) is 13.7. The van der Waals surface area contributed by atoms with Gasteiger partial charge in [-0.1, -0.05) is 13.8 Å². The minimum Gasteiger partial charge on any atom is -0.382 e. The third kappa shape index (κ3) is 3.64. The maximum Gasteiger partial charge on any atom is 0.274 e. The normalized spacial score (nSPS) is 16.9. The summed E-state index contributed by atoms with van der Waals surface area (Å²) >= 11 is 0. The molecule has 0 saturated carbocycles. The molecule has 0 aliphatic carbocycles. The van der Waals surface area contributed by atoms with Crippen LogP contribution in [0.5, 0.6) is 0 Å². The Labute approximate surface area is 113 Å². The summed E-state index contributed by atoms with van der Waals surface area (Å²) in [7, 11) is 0. The lowest BCUT2D eigenvalue weighted by Gasteiger charge is -2.35. The second-order valence-electron chi connectivity index (χ2n) is 5.32. The number of carbonyl (C=O) groups excluding carboxylic acids is 1. The number of anilines is 1. The molecular weight excluding hydrogens is 242 g/mol. The number of rotatable bonds is 3. The van der Waals surface area contributed by atoms with Crippen molar-refractivity contribution in [3.8, 4) is 0 Å². The molecule has 2 rings (SSSR count). The quantitative estimate of drug-likeness (QED) is 0.858. The summed E-state index contributed by atoms with van der Waals surface area (Å²) in [4.78, 5) is 24.4. The standard InChI is InChI=1S/C13H21N5O/c1-10(2)9-17-3-5-18(6-4-17)13(19)11-7-15-8-12(14)16-11/h7-8,10H,3-6,9H2,1-2H3,(H2,14,16). The summed E-state index contributed by atoms with van der Waals surface area (Å²) in [6.45, 7) is 8.81. The van der Waals surface area contributed by atoms with E-state index in [0.717, 1.165) is 32.7 Å². The fraction of sp³-hybridized carbons (Fsp3) is 0.615. The molecule has 2 N–H and O–H groups in total. The Kier molecular flexibility index (Phi) is 4.31. The number of aromatic nitrogens is 2. The minimum absolute atomic E-state index is 0.0796. The van der Waals surface area contributed by atoms with Gasteiger partial charge in [-0.15, -0.1) is 0 Å². The Hall–Kier alpha value is -1.69. The van der Waals surface area contributed by atoms with Crippen molar-refractivity contribution in [3.05, 3.63) is 18.1 Å². The molecule has 6 heteroatoms. The van der Waals surface area contributed by atoms with E-state index in [1.165, 1.54) is 12.4 Å². The van der Waals surface area contributed by atoms with Gasteiger partial charge in [-0.25, -0.2) is 4.98 Å². The van der Waals surface area contributed by atoms with Gasteiger partial charge in [0.1, 0.15) is 11.5 Å². The maximum absolute atomic E-state index is 12.2. The predicted octanol–water partition coefficient (Wildman–Crippen LogP) is 0.473. The minimum atomic E-state index is -0.0796. The van der Waals surface area contributed by atoms with Crippen LogP contribution in [0.1, 0.15) is 24.3 Å². The van der Waals surface area contributed by atoms with Gasteiger partial charge in [0.2, 0.25) is 0 Å². The van der Waals surface area contributed by atoms with Crippen molar-refractivity contribution < 1.29 is 4.79 Å². The second kappa shape index (κ2) is 5.97. The first-order chi connectivity index (χ1) is 9.06. The van der Waals surface area contributed by atoms with Crippen molar-refractivity contribution in [1.29, 1.82) is 0 Å². The molecule has 1 amide bonds. The van der Waals surface area contributed by atoms with Gasteiger partial charge < -0.3 is 10.6 Å². The van der Waals surface area contributed by atoms with Gasteiger partial charge in [-0.05, 0) is 5.92 Å². The van der Waals surface area contributed by atoms with Gasteiger partial charge in [0.15, 0.2) is 0 Å². The molecule has 1 aromatic rings. The lowest BCUT2D eigenvalue weighted by molar-refractivity contribution is 0.0618. The Morgan fingerprint density at radius 3 is 2.58 bits per heavy atom. The third-order valence-corrected chi connectivity index (χ3v) is 3.16. The molecule has 1 saturated heterocycles. The number of carbonyl (C=O) groups is 1. The summed E-state index contributed by atoms with van der Waals surface area (Å²) in [6, 6.07) is 0. The summed E-state index contributed by atoms with van der Waals surface area (Å²) < 4.78 is 0. The van der Waals surface area contributed by atoms with Crippen molar-refractivity contribution in [2.45, 2.75) is 13.8 Å². The Morgan fingerprint density at radius 1 is 1.32 bits per heavy atom. The number of amides is 1. The van der Waals surface area contributed by atoms with Crippen LogP contribution >= 0.6 is 0 Å². The van der Waals surface area contributed by atoms with Crippen molar-refractivity contribution in [2.24, 2.45) is 5.92 Å². The predicted molar refractivity (Wildman–Crippen MR) is 73.6 cm³/mol. The fourth-order valence-electron chi connectivity index (χ4n) is 2.30. The van der Waals surface area contributed by atoms with Crippen LogP contribution in [0, 0.1) is 5.92 Å². The van der Waals surface area contributed by atoms with Crippen molar-refractivity contribution in [2.75, 3.05) is 38.5 Å². The lowest BCUT2D eigenvalue weighted by Crippen LogP contribution is -2.49. The smallest absolute Gasteiger partial charge is 0.274 e. The third-order valence-electron chi connectivity index (χ3n) is 3.16. The highest BCUT2D eigenvalue weighted by atomic mass is 16.2. The molecule has 0 unspecified atom stereocenters. The average molecular weight is 263 g/mol. The highest BCUT2D eigenvalue weighted by molar-refractivity contribution is 5.92. The van der Waals surface area contributed by atoms with Crippen LogP contribution in [-0.2, 0) is 0 Å². The summed E-state index contributed by atoms with van der Waals surface area (Å²) in [5.41, 5.74) is 5.88. The SMILES string of the molecule is CC(C)CN1CCN(C(=O)c2cncc(N)n2)CC1. The zero-order valence-corrected chi connectivity index (χ0v) is 11.5. The van der Waals surface area contributed by atoms with Crippen LogP contribution in [0.4, 0.5) is 5.82 Å². The van der Waals surface area contributed by atoms with E-state index in [0.29, 0.717) is 11.6 Å². The Balaban J connectivity index is 1.92. The van der Waals surface area contributed by atoms with Gasteiger partial charge in [-0.3, -0.25) is 14.7 Å². The van der Waals surface area contributed by atoms with E-state index in [1.54, 1.807) is 0 Å². The molecule has 1 aliphatic rings. The average Bonchev–Trinajstić information content (AvgIpc) is 2.38. The number of hydrogen-bond acceptors (Lipinski definition) is 5. The monoisotopic (exact) mass is 263 g/mol. The second-order valence-corrected chi connectivity index (χ2v) is 5.32. The van der Waals surface area contributed by atoms with Crippen LogP contribution in [0.2, 0.25) is 0 Å². The number of nitrogen functional groups attached to an aromatic ring is 1. The molecule has 0 atom stereocenters. The largest absolute Gasteiger partial charge is 0.382 e. The summed E-state index contributed by atoms with van der Waals surface area (Å²) in [6.07, 6.45) is 2.91. The molecule has 0 spiro atoms. The molecular formula is C13H21N5O. The van der Waals surface area contributed by atoms with E-state index < -0.39 is 0 Å². The highest BCUT2D eigenvalue weighted by Gasteiger charge is 2.23. The van der Waals surface area contributed by atoms with E-state index in [1.807, 2.05) is 4.90 Å². The molecule has 1 aliphatic heterocycles. The Bertz CT molecular complexity index is 440. The van der Waals surface area contributed by atoms with E-state index in [9.17, 15) is 4.79 Å². The molecule has 2 heterocycles. The van der Waals surface area contributed by atoms with Gasteiger partial charge in [0, 0.05) is 32.7 Å². The highest BCUT2D eigenvalue weighted by Crippen LogP contribution is 2.09. The molecule has 0 aromatic carbocycles. The van der Waals surface area contributed by atoms with Crippen LogP contribution in [0.25, 0.3) is 0 Å². The zero-order valence-electron chi connectivity index (χ0n) is 11.5. The van der Waals surface area contributed by atoms with Gasteiger partial charge in [0.25, 0.3) is 5.91 Å². The Morgan fingerprint density at radius 2 is 2.00 bits per heavy atom. The molecule has 1 fully saturated rings. The molecule has 0 bridgehead atoms. The maximum atomic E-state index is 12.2. The number of hydrogen-bond donors (Lipinski definition) is 1. The van der Waals surface area contributed by atoms with Crippen molar-refractivity contribution in [1.82, 2.24) is 19.8 Å². The molecule has 6 nitrogen and oxygen atoms in total. The zero-order chi connectivity index (χ0) is 13.8. The van der Waals surface area contributed by atoms with Crippen LogP contribution in [0.15, 0.2) is 12.4 Å². The molecule has 0 radical (unpaired) electrons. The van der Waals surface area contributed by atoms with E-state index in [4.69, 9.17) is 5.73 Å². The van der Waals surface area contributed by atoms with E-state index >= 15 is 0 Å². The van der Waals surface area contributed by atoms with Crippen molar-refractivity contribution in [3.63, 3.8) is 0 Å². The molecule has 19 heavy (non-hydrogen) atoms. The van der Waals surface area contributed by atoms with Crippen molar-refractivity contribution >= 4 is 11.7 Å². The molecule has 104 valence electrons. The number of piperazine rings is 1. The number of nitrogens with zero attached hydrogens (tertiary/aromatic N) is 4.